The zero-order valence-corrected chi connectivity index (χ0v) is 7.30. The van der Waals surface area contributed by atoms with E-state index in [1.54, 1.807) is 0 Å². The van der Waals surface area contributed by atoms with E-state index in [4.69, 9.17) is 14.8 Å². The van der Waals surface area contributed by atoms with Gasteiger partial charge in [-0.15, -0.1) is 0 Å². The fourth-order valence-corrected chi connectivity index (χ4v) is 0.987. The van der Waals surface area contributed by atoms with Crippen LogP contribution in [0.2, 0.25) is 0 Å². The van der Waals surface area contributed by atoms with E-state index in [9.17, 15) is 4.79 Å². The third-order valence-electron chi connectivity index (χ3n) is 1.57. The van der Waals surface area contributed by atoms with Gasteiger partial charge in [-0.2, -0.15) is 0 Å². The van der Waals surface area contributed by atoms with Crippen molar-refractivity contribution < 1.29 is 19.6 Å². The number of hydrogen-bond donors (Lipinski definition) is 3. The summed E-state index contributed by atoms with van der Waals surface area (Å²) >= 11 is 0. The SMILES string of the molecule is O=C1Nc2ccc(cc2)CO1.O[B]O. The normalized spacial score (nSPS) is 12.6. The van der Waals surface area contributed by atoms with Crippen LogP contribution >= 0.6 is 0 Å². The van der Waals surface area contributed by atoms with Gasteiger partial charge in [0.25, 0.3) is 0 Å². The standard InChI is InChI=1S/C8H7NO2.BH2O2/c10-8-9-7-3-1-6(2-4-7)5-11-8;2-1-3/h1-4H,5H2,(H,9,10);2-3H. The van der Waals surface area contributed by atoms with Crippen molar-refractivity contribution in [3.8, 4) is 0 Å². The fraction of sp³-hybridized carbons (Fsp3) is 0.125. The van der Waals surface area contributed by atoms with Crippen LogP contribution in [0.1, 0.15) is 5.56 Å². The molecule has 3 rings (SSSR count). The molecule has 1 radical (unpaired) electrons. The van der Waals surface area contributed by atoms with Crippen LogP contribution in [-0.4, -0.2) is 23.8 Å². The summed E-state index contributed by atoms with van der Waals surface area (Å²) in [5, 5.41) is 16.6. The first-order valence-corrected chi connectivity index (χ1v) is 3.89. The third-order valence-corrected chi connectivity index (χ3v) is 1.57. The molecule has 0 atom stereocenters. The summed E-state index contributed by atoms with van der Waals surface area (Å²) in [4.78, 5) is 10.8. The van der Waals surface area contributed by atoms with E-state index in [0.29, 0.717) is 6.61 Å². The number of nitrogens with one attached hydrogen (secondary N) is 1. The number of ether oxygens (including phenoxy) is 1. The van der Waals surface area contributed by atoms with Gasteiger partial charge in [-0.3, -0.25) is 5.32 Å². The molecule has 2 heterocycles. The monoisotopic (exact) mass is 194 g/mol. The van der Waals surface area contributed by atoms with Crippen LogP contribution in [0.3, 0.4) is 0 Å². The third kappa shape index (κ3) is 3.08. The van der Waals surface area contributed by atoms with Crippen molar-refractivity contribution in [2.45, 2.75) is 6.61 Å². The Hall–Kier alpha value is -1.53. The molecule has 2 aliphatic rings. The lowest BCUT2D eigenvalue weighted by molar-refractivity contribution is 0.154. The number of hydrogen-bond acceptors (Lipinski definition) is 4. The number of carbonyl (C=O) groups is 1. The minimum atomic E-state index is -0.383. The van der Waals surface area contributed by atoms with Crippen molar-refractivity contribution in [3.63, 3.8) is 0 Å². The Morgan fingerprint density at radius 1 is 1.29 bits per heavy atom. The van der Waals surface area contributed by atoms with Crippen LogP contribution in [0.25, 0.3) is 0 Å². The van der Waals surface area contributed by atoms with Crippen LogP contribution in [0, 0.1) is 0 Å². The van der Waals surface area contributed by atoms with Gasteiger partial charge in [-0.1, -0.05) is 12.1 Å². The summed E-state index contributed by atoms with van der Waals surface area (Å²) < 4.78 is 4.81. The van der Waals surface area contributed by atoms with Crippen molar-refractivity contribution >= 4 is 19.5 Å². The minimum Gasteiger partial charge on any atom is -0.444 e. The number of benzene rings is 1. The second kappa shape index (κ2) is 5.26. The molecule has 14 heavy (non-hydrogen) atoms. The summed E-state index contributed by atoms with van der Waals surface area (Å²) in [6.07, 6.45) is -0.383. The molecule has 3 N–H and O–H groups in total. The molecule has 2 bridgehead atoms. The lowest BCUT2D eigenvalue weighted by atomic mass is 10.2. The van der Waals surface area contributed by atoms with Gasteiger partial charge < -0.3 is 14.8 Å². The average molecular weight is 194 g/mol. The molecule has 73 valence electrons. The van der Waals surface area contributed by atoms with Crippen molar-refractivity contribution in [3.05, 3.63) is 29.8 Å². The first kappa shape index (κ1) is 10.6. The first-order chi connectivity index (χ1) is 6.76. The molecule has 0 aliphatic carbocycles. The van der Waals surface area contributed by atoms with E-state index in [0.717, 1.165) is 11.3 Å². The summed E-state index contributed by atoms with van der Waals surface area (Å²) in [5.74, 6) is 0. The minimum absolute atomic E-state index is 0. The molecule has 0 fully saturated rings. The predicted octanol–water partition coefficient (Wildman–Crippen LogP) is 0.254. The highest BCUT2D eigenvalue weighted by atomic mass is 16.5. The summed E-state index contributed by atoms with van der Waals surface area (Å²) in [7, 11) is 0. The van der Waals surface area contributed by atoms with Crippen LogP contribution in [-0.2, 0) is 11.3 Å². The zero-order valence-electron chi connectivity index (χ0n) is 7.30. The number of rotatable bonds is 0. The van der Waals surface area contributed by atoms with Gasteiger partial charge in [0.2, 0.25) is 0 Å². The number of fused-ring (bicyclic) bond motifs is 5. The number of carbonyl (C=O) groups excluding carboxylic acids is 1. The molecule has 1 aromatic rings. The zero-order chi connectivity index (χ0) is 10.4. The fourth-order valence-electron chi connectivity index (χ4n) is 0.987. The Morgan fingerprint density at radius 3 is 2.43 bits per heavy atom. The Morgan fingerprint density at radius 2 is 1.86 bits per heavy atom. The quantitative estimate of drug-likeness (QED) is 0.517. The molecule has 5 nitrogen and oxygen atoms in total. The molecular formula is C8H9BNO4. The van der Waals surface area contributed by atoms with Crippen LogP contribution in [0.5, 0.6) is 0 Å². The van der Waals surface area contributed by atoms with Crippen molar-refractivity contribution in [2.75, 3.05) is 5.32 Å². The molecule has 6 heteroatoms. The number of anilines is 1. The van der Waals surface area contributed by atoms with Gasteiger partial charge in [0.05, 0.1) is 0 Å². The highest BCUT2D eigenvalue weighted by Gasteiger charge is 2.07. The molecule has 2 aliphatic heterocycles. The van der Waals surface area contributed by atoms with Gasteiger partial charge >= 0.3 is 13.8 Å². The Balaban J connectivity index is 0.000000293. The summed E-state index contributed by atoms with van der Waals surface area (Å²) in [5.41, 5.74) is 1.79. The maximum Gasteiger partial charge on any atom is 0.482 e. The maximum absolute atomic E-state index is 10.8. The largest absolute Gasteiger partial charge is 0.482 e. The molecular weight excluding hydrogens is 185 g/mol. The Bertz CT molecular complexity index is 301. The molecule has 0 saturated carbocycles. The van der Waals surface area contributed by atoms with Crippen molar-refractivity contribution in [1.82, 2.24) is 0 Å². The van der Waals surface area contributed by atoms with Crippen LogP contribution in [0.15, 0.2) is 24.3 Å². The lowest BCUT2D eigenvalue weighted by Crippen LogP contribution is -2.15. The van der Waals surface area contributed by atoms with Crippen molar-refractivity contribution in [2.24, 2.45) is 0 Å². The smallest absolute Gasteiger partial charge is 0.444 e. The highest BCUT2D eigenvalue weighted by Crippen LogP contribution is 2.13. The second-order valence-electron chi connectivity index (χ2n) is 2.51. The highest BCUT2D eigenvalue weighted by molar-refractivity contribution is 6.13. The molecule has 0 spiro atoms. The lowest BCUT2D eigenvalue weighted by Gasteiger charge is -2.11. The van der Waals surface area contributed by atoms with Crippen LogP contribution in [0.4, 0.5) is 10.5 Å². The molecule has 1 aromatic carbocycles. The van der Waals surface area contributed by atoms with Gasteiger partial charge in [0.1, 0.15) is 6.61 Å². The molecule has 0 aromatic heterocycles. The van der Waals surface area contributed by atoms with E-state index < -0.39 is 0 Å². The summed E-state index contributed by atoms with van der Waals surface area (Å²) in [6, 6.07) is 7.56. The first-order valence-electron chi connectivity index (χ1n) is 3.89. The predicted molar refractivity (Wildman–Crippen MR) is 50.4 cm³/mol. The van der Waals surface area contributed by atoms with E-state index in [-0.39, 0.29) is 13.8 Å². The van der Waals surface area contributed by atoms with Gasteiger partial charge in [0.15, 0.2) is 0 Å². The molecule has 0 unspecified atom stereocenters. The van der Waals surface area contributed by atoms with Gasteiger partial charge in [-0.05, 0) is 17.7 Å². The molecule has 0 saturated heterocycles. The van der Waals surface area contributed by atoms with Crippen molar-refractivity contribution in [1.29, 1.82) is 0 Å². The van der Waals surface area contributed by atoms with E-state index in [2.05, 4.69) is 5.32 Å². The second-order valence-corrected chi connectivity index (χ2v) is 2.51. The molecule has 1 amide bonds. The van der Waals surface area contributed by atoms with Crippen LogP contribution < -0.4 is 5.32 Å². The summed E-state index contributed by atoms with van der Waals surface area (Å²) in [6.45, 7) is 0.353. The van der Waals surface area contributed by atoms with E-state index >= 15 is 0 Å². The maximum atomic E-state index is 10.8. The van der Waals surface area contributed by atoms with E-state index in [1.165, 1.54) is 0 Å². The average Bonchev–Trinajstić information content (AvgIpc) is 2.14. The number of amides is 1. The van der Waals surface area contributed by atoms with E-state index in [1.807, 2.05) is 24.3 Å². The Kier molecular flexibility index (Phi) is 3.96. The topological polar surface area (TPSA) is 78.8 Å². The Labute approximate surface area is 81.6 Å². The van der Waals surface area contributed by atoms with Gasteiger partial charge in [0, 0.05) is 5.69 Å². The van der Waals surface area contributed by atoms with Gasteiger partial charge in [-0.25, -0.2) is 4.79 Å².